The van der Waals surface area contributed by atoms with Crippen molar-refractivity contribution in [1.29, 1.82) is 0 Å². The molecule has 2 aromatic rings. The number of likely N-dealkylation sites (tertiary alicyclic amines) is 1. The highest BCUT2D eigenvalue weighted by Gasteiger charge is 2.31. The van der Waals surface area contributed by atoms with Crippen molar-refractivity contribution in [2.45, 2.75) is 58.3 Å². The lowest BCUT2D eigenvalue weighted by Crippen LogP contribution is -2.40. The number of hydrogen-bond donors (Lipinski definition) is 0. The van der Waals surface area contributed by atoms with Gasteiger partial charge in [0.05, 0.1) is 19.7 Å². The number of methoxy groups -OCH3 is 1. The smallest absolute Gasteiger partial charge is 0.318 e. The number of aromatic nitrogens is 3. The largest absolute Gasteiger partial charge is 0.475 e. The van der Waals surface area contributed by atoms with Gasteiger partial charge in [0.25, 0.3) is 6.43 Å². The van der Waals surface area contributed by atoms with Crippen molar-refractivity contribution in [3.63, 3.8) is 0 Å². The molecule has 0 bridgehead atoms. The maximum absolute atomic E-state index is 14.3. The maximum Gasteiger partial charge on any atom is 0.318 e. The second-order valence-electron chi connectivity index (χ2n) is 7.97. The Morgan fingerprint density at radius 2 is 1.97 bits per heavy atom. The van der Waals surface area contributed by atoms with E-state index in [1.165, 1.54) is 12.0 Å². The first-order valence-corrected chi connectivity index (χ1v) is 11.2. The molecular formula is C21H28ClF4N5O2. The standard InChI is InChI=1S/C13H12ClF3N4O2.C8H16FN/c1-5-4-23-12-7-9(8(17)10(14)19-12)18-13(22-2)20-11(7)21(5)3-6(15)16;1-3-8-5-7(9)6-10(8)4-2/h5-6H,3-4H2,1-2H3;7-8H,3-6H2,1-2H3/t5-;/m0./s1. The van der Waals surface area contributed by atoms with Crippen LogP contribution in [0.15, 0.2) is 0 Å². The first-order valence-electron chi connectivity index (χ1n) is 10.9. The summed E-state index contributed by atoms with van der Waals surface area (Å²) in [5, 5.41) is -0.327. The summed E-state index contributed by atoms with van der Waals surface area (Å²) in [6.45, 7) is 7.05. The number of alkyl halides is 3. The van der Waals surface area contributed by atoms with Crippen LogP contribution in [0.1, 0.15) is 33.6 Å². The maximum atomic E-state index is 14.3. The van der Waals surface area contributed by atoms with Crippen LogP contribution in [0.3, 0.4) is 0 Å². The number of rotatable bonds is 5. The molecular weight excluding hydrogens is 466 g/mol. The SMILES string of the molecule is CCC1CC(F)CN1CC.COc1nc2c3c(nc(Cl)c(F)c3n1)OC[C@H](C)N2CC(F)F. The minimum absolute atomic E-state index is 0.00710. The molecule has 33 heavy (non-hydrogen) atoms. The van der Waals surface area contributed by atoms with Crippen molar-refractivity contribution in [2.75, 3.05) is 38.3 Å². The van der Waals surface area contributed by atoms with Gasteiger partial charge in [-0.3, -0.25) is 4.90 Å². The molecule has 4 heterocycles. The van der Waals surface area contributed by atoms with Crippen molar-refractivity contribution < 1.29 is 27.0 Å². The third-order valence-corrected chi connectivity index (χ3v) is 6.06. The Hall–Kier alpha value is -2.14. The van der Waals surface area contributed by atoms with Crippen LogP contribution in [-0.2, 0) is 0 Å². The summed E-state index contributed by atoms with van der Waals surface area (Å²) >= 11 is 5.75. The molecule has 2 unspecified atom stereocenters. The highest BCUT2D eigenvalue weighted by Crippen LogP contribution is 2.39. The number of nitrogens with zero attached hydrogens (tertiary/aromatic N) is 5. The zero-order chi connectivity index (χ0) is 24.3. The zero-order valence-electron chi connectivity index (χ0n) is 19.0. The number of ether oxygens (including phenoxy) is 2. The lowest BCUT2D eigenvalue weighted by Gasteiger charge is -2.28. The average Bonchev–Trinajstić information content (AvgIpc) is 3.12. The fourth-order valence-corrected chi connectivity index (χ4v) is 4.29. The molecule has 1 saturated heterocycles. The monoisotopic (exact) mass is 493 g/mol. The van der Waals surface area contributed by atoms with Crippen LogP contribution >= 0.6 is 11.6 Å². The summed E-state index contributed by atoms with van der Waals surface area (Å²) in [6, 6.07) is -0.0872. The van der Waals surface area contributed by atoms with Gasteiger partial charge in [0.1, 0.15) is 29.5 Å². The van der Waals surface area contributed by atoms with E-state index in [2.05, 4.69) is 33.7 Å². The molecule has 1 fully saturated rings. The highest BCUT2D eigenvalue weighted by molar-refractivity contribution is 6.30. The zero-order valence-corrected chi connectivity index (χ0v) is 19.8. The van der Waals surface area contributed by atoms with E-state index in [1.807, 2.05) is 0 Å². The Bertz CT molecular complexity index is 958. The lowest BCUT2D eigenvalue weighted by atomic mass is 10.1. The quantitative estimate of drug-likeness (QED) is 0.448. The lowest BCUT2D eigenvalue weighted by molar-refractivity contribution is 0.149. The van der Waals surface area contributed by atoms with Crippen LogP contribution in [-0.4, -0.2) is 77.9 Å². The number of anilines is 1. The van der Waals surface area contributed by atoms with Gasteiger partial charge in [-0.15, -0.1) is 0 Å². The van der Waals surface area contributed by atoms with E-state index in [4.69, 9.17) is 21.1 Å². The summed E-state index contributed by atoms with van der Waals surface area (Å²) in [5.41, 5.74) is -0.185. The van der Waals surface area contributed by atoms with Crippen LogP contribution in [0.2, 0.25) is 5.15 Å². The Morgan fingerprint density at radius 3 is 2.55 bits per heavy atom. The second kappa shape index (κ2) is 10.9. The molecule has 0 N–H and O–H groups in total. The van der Waals surface area contributed by atoms with E-state index in [9.17, 15) is 17.6 Å². The Labute approximate surface area is 195 Å². The Kier molecular flexibility index (Phi) is 8.38. The number of halogens is 5. The molecule has 2 aromatic heterocycles. The third kappa shape index (κ3) is 5.51. The molecule has 0 aromatic carbocycles. The van der Waals surface area contributed by atoms with Gasteiger partial charge in [-0.05, 0) is 26.3 Å². The summed E-state index contributed by atoms with van der Waals surface area (Å²) < 4.78 is 63.4. The van der Waals surface area contributed by atoms with E-state index in [0.29, 0.717) is 12.6 Å². The van der Waals surface area contributed by atoms with Gasteiger partial charge in [0, 0.05) is 12.6 Å². The highest BCUT2D eigenvalue weighted by atomic mass is 35.5. The van der Waals surface area contributed by atoms with Crippen molar-refractivity contribution in [3.8, 4) is 11.9 Å². The van der Waals surface area contributed by atoms with Gasteiger partial charge in [0.2, 0.25) is 5.88 Å². The van der Waals surface area contributed by atoms with Gasteiger partial charge in [-0.1, -0.05) is 25.4 Å². The van der Waals surface area contributed by atoms with E-state index < -0.39 is 36.2 Å². The molecule has 184 valence electrons. The van der Waals surface area contributed by atoms with Gasteiger partial charge < -0.3 is 14.4 Å². The van der Waals surface area contributed by atoms with Crippen LogP contribution in [0, 0.1) is 5.82 Å². The van der Waals surface area contributed by atoms with Crippen LogP contribution in [0.4, 0.5) is 23.4 Å². The van der Waals surface area contributed by atoms with Crippen molar-refractivity contribution >= 4 is 28.3 Å². The van der Waals surface area contributed by atoms with Crippen molar-refractivity contribution in [2.24, 2.45) is 0 Å². The van der Waals surface area contributed by atoms with E-state index in [-0.39, 0.29) is 35.2 Å². The van der Waals surface area contributed by atoms with Crippen LogP contribution in [0.25, 0.3) is 10.9 Å². The first kappa shape index (κ1) is 25.5. The van der Waals surface area contributed by atoms with Crippen LogP contribution in [0.5, 0.6) is 11.9 Å². The number of hydrogen-bond acceptors (Lipinski definition) is 7. The molecule has 2 aliphatic heterocycles. The minimum atomic E-state index is -2.61. The van der Waals surface area contributed by atoms with Gasteiger partial charge in [-0.2, -0.15) is 15.0 Å². The average molecular weight is 494 g/mol. The molecule has 3 atom stereocenters. The normalized spacial score (nSPS) is 22.7. The van der Waals surface area contributed by atoms with Gasteiger partial charge >= 0.3 is 6.01 Å². The first-order chi connectivity index (χ1) is 15.7. The minimum Gasteiger partial charge on any atom is -0.475 e. The summed E-state index contributed by atoms with van der Waals surface area (Å²) in [4.78, 5) is 15.4. The topological polar surface area (TPSA) is 63.6 Å². The summed E-state index contributed by atoms with van der Waals surface area (Å²) in [6.07, 6.45) is -1.33. The third-order valence-electron chi connectivity index (χ3n) is 5.81. The second-order valence-corrected chi connectivity index (χ2v) is 8.32. The van der Waals surface area contributed by atoms with Crippen molar-refractivity contribution in [1.82, 2.24) is 19.9 Å². The van der Waals surface area contributed by atoms with E-state index in [0.717, 1.165) is 19.4 Å². The Morgan fingerprint density at radius 1 is 1.24 bits per heavy atom. The molecule has 0 saturated carbocycles. The molecule has 0 aliphatic carbocycles. The fourth-order valence-electron chi connectivity index (χ4n) is 4.13. The predicted molar refractivity (Wildman–Crippen MR) is 118 cm³/mol. The van der Waals surface area contributed by atoms with Crippen LogP contribution < -0.4 is 14.4 Å². The molecule has 7 nitrogen and oxygen atoms in total. The molecule has 2 aliphatic rings. The van der Waals surface area contributed by atoms with Crippen molar-refractivity contribution in [3.05, 3.63) is 11.0 Å². The molecule has 0 amide bonds. The van der Waals surface area contributed by atoms with Gasteiger partial charge in [0.15, 0.2) is 11.0 Å². The molecule has 12 heteroatoms. The molecule has 4 rings (SSSR count). The summed E-state index contributed by atoms with van der Waals surface area (Å²) in [5.74, 6) is -0.801. The van der Waals surface area contributed by atoms with E-state index in [1.54, 1.807) is 6.92 Å². The molecule has 0 spiro atoms. The fraction of sp³-hybridized carbons (Fsp3) is 0.667. The number of pyridine rings is 1. The van der Waals surface area contributed by atoms with Gasteiger partial charge in [-0.25, -0.2) is 17.6 Å². The summed E-state index contributed by atoms with van der Waals surface area (Å²) in [7, 11) is 1.30. The molecule has 0 radical (unpaired) electrons. The Balaban J connectivity index is 0.000000257. The predicted octanol–water partition coefficient (Wildman–Crippen LogP) is 4.51. The van der Waals surface area contributed by atoms with E-state index >= 15 is 0 Å².